The lowest BCUT2D eigenvalue weighted by Crippen LogP contribution is -2.16. The number of carbonyl (C=O) groups excluding carboxylic acids is 1. The maximum atomic E-state index is 12.5. The summed E-state index contributed by atoms with van der Waals surface area (Å²) in [6, 6.07) is 10.4. The van der Waals surface area contributed by atoms with Gasteiger partial charge in [-0.05, 0) is 46.3 Å². The molecule has 0 aliphatic carbocycles. The number of benzene rings is 1. The highest BCUT2D eigenvalue weighted by molar-refractivity contribution is 9.10. The van der Waals surface area contributed by atoms with Crippen LogP contribution in [0.5, 0.6) is 0 Å². The lowest BCUT2D eigenvalue weighted by Gasteiger charge is -2.10. The molecule has 3 aromatic rings. The first-order chi connectivity index (χ1) is 12.0. The van der Waals surface area contributed by atoms with E-state index >= 15 is 0 Å². The van der Waals surface area contributed by atoms with Gasteiger partial charge >= 0.3 is 0 Å². The predicted molar refractivity (Wildman–Crippen MR) is 98.5 cm³/mol. The molecule has 0 saturated carbocycles. The zero-order chi connectivity index (χ0) is 17.6. The smallest absolute Gasteiger partial charge is 0.292 e. The summed E-state index contributed by atoms with van der Waals surface area (Å²) in [6.45, 7) is 0. The Kier molecular flexibility index (Phi) is 4.26. The number of fused-ring (bicyclic) bond motifs is 1. The van der Waals surface area contributed by atoms with E-state index in [1.54, 1.807) is 35.0 Å². The summed E-state index contributed by atoms with van der Waals surface area (Å²) in [4.78, 5) is 12.5. The van der Waals surface area contributed by atoms with Crippen molar-refractivity contribution in [2.45, 2.75) is 11.5 Å². The molecule has 0 saturated heterocycles. The van der Waals surface area contributed by atoms with Crippen LogP contribution in [0, 0.1) is 0 Å². The van der Waals surface area contributed by atoms with E-state index in [4.69, 9.17) is 16.0 Å². The largest absolute Gasteiger partial charge is 0.444 e. The molecule has 0 spiro atoms. The van der Waals surface area contributed by atoms with Crippen LogP contribution in [0.25, 0.3) is 5.69 Å². The van der Waals surface area contributed by atoms with Crippen molar-refractivity contribution < 1.29 is 13.4 Å². The topological polar surface area (TPSA) is 77.1 Å². The Morgan fingerprint density at radius 3 is 2.88 bits per heavy atom. The normalized spacial score (nSPS) is 16.0. The maximum absolute atomic E-state index is 12.5. The summed E-state index contributed by atoms with van der Waals surface area (Å²) in [5.74, 6) is 0.972. The van der Waals surface area contributed by atoms with E-state index in [1.165, 1.54) is 0 Å². The Bertz CT molecular complexity index is 1010. The third-order valence-corrected chi connectivity index (χ3v) is 5.62. The first kappa shape index (κ1) is 16.6. The number of rotatable bonds is 3. The number of nitrogens with zero attached hydrogens (tertiary/aromatic N) is 2. The molecule has 9 heteroatoms. The third kappa shape index (κ3) is 3.17. The molecule has 25 heavy (non-hydrogen) atoms. The summed E-state index contributed by atoms with van der Waals surface area (Å²) in [6.07, 6.45) is 0. The van der Waals surface area contributed by atoms with E-state index in [2.05, 4.69) is 26.3 Å². The van der Waals surface area contributed by atoms with Crippen LogP contribution in [0.1, 0.15) is 21.8 Å². The zero-order valence-corrected chi connectivity index (χ0v) is 15.8. The van der Waals surface area contributed by atoms with Crippen molar-refractivity contribution >= 4 is 50.1 Å². The molecule has 4 rings (SSSR count). The van der Waals surface area contributed by atoms with Gasteiger partial charge in [-0.15, -0.1) is 0 Å². The maximum Gasteiger partial charge on any atom is 0.292 e. The molecule has 128 valence electrons. The SMILES string of the molecule is O=C(Nc1c2c(nn1-c1cccc(Cl)c1)C[S@](=O)C2)c1ccc(Br)o1. The van der Waals surface area contributed by atoms with Gasteiger partial charge in [-0.3, -0.25) is 9.00 Å². The number of anilines is 1. The second kappa shape index (κ2) is 6.44. The van der Waals surface area contributed by atoms with Crippen LogP contribution in [0.4, 0.5) is 5.82 Å². The third-order valence-electron chi connectivity index (χ3n) is 3.75. The average molecular weight is 441 g/mol. The van der Waals surface area contributed by atoms with Gasteiger partial charge < -0.3 is 9.73 Å². The summed E-state index contributed by atoms with van der Waals surface area (Å²) >= 11 is 9.25. The molecule has 0 unspecified atom stereocenters. The van der Waals surface area contributed by atoms with Crippen molar-refractivity contribution in [1.29, 1.82) is 0 Å². The van der Waals surface area contributed by atoms with E-state index in [0.717, 1.165) is 5.56 Å². The molecule has 0 radical (unpaired) electrons. The highest BCUT2D eigenvalue weighted by Crippen LogP contribution is 2.32. The van der Waals surface area contributed by atoms with Crippen molar-refractivity contribution in [3.63, 3.8) is 0 Å². The summed E-state index contributed by atoms with van der Waals surface area (Å²) in [5.41, 5.74) is 2.20. The first-order valence-electron chi connectivity index (χ1n) is 7.29. The van der Waals surface area contributed by atoms with E-state index < -0.39 is 16.7 Å². The summed E-state index contributed by atoms with van der Waals surface area (Å²) in [7, 11) is -1.01. The summed E-state index contributed by atoms with van der Waals surface area (Å²) < 4.78 is 19.2. The van der Waals surface area contributed by atoms with Crippen LogP contribution >= 0.6 is 27.5 Å². The van der Waals surface area contributed by atoms with Crippen LogP contribution in [-0.4, -0.2) is 19.9 Å². The average Bonchev–Trinajstić information content (AvgIpc) is 3.23. The Morgan fingerprint density at radius 1 is 1.32 bits per heavy atom. The predicted octanol–water partition coefficient (Wildman–Crippen LogP) is 3.90. The highest BCUT2D eigenvalue weighted by Gasteiger charge is 2.29. The molecule has 3 heterocycles. The monoisotopic (exact) mass is 439 g/mol. The minimum absolute atomic E-state index is 0.165. The fraction of sp³-hybridized carbons (Fsp3) is 0.125. The van der Waals surface area contributed by atoms with Gasteiger partial charge in [-0.2, -0.15) is 5.10 Å². The van der Waals surface area contributed by atoms with Crippen LogP contribution < -0.4 is 5.32 Å². The molecule has 1 aliphatic rings. The Labute approximate surface area is 158 Å². The van der Waals surface area contributed by atoms with Crippen LogP contribution in [-0.2, 0) is 22.3 Å². The number of halogens is 2. The van der Waals surface area contributed by atoms with Gasteiger partial charge in [0.2, 0.25) is 0 Å². The first-order valence-corrected chi connectivity index (χ1v) is 9.95. The van der Waals surface area contributed by atoms with Crippen LogP contribution in [0.3, 0.4) is 0 Å². The van der Waals surface area contributed by atoms with Gasteiger partial charge in [0.15, 0.2) is 10.4 Å². The zero-order valence-electron chi connectivity index (χ0n) is 12.7. The minimum atomic E-state index is -1.01. The molecule has 6 nitrogen and oxygen atoms in total. The van der Waals surface area contributed by atoms with Gasteiger partial charge in [-0.1, -0.05) is 17.7 Å². The van der Waals surface area contributed by atoms with E-state index in [-0.39, 0.29) is 5.76 Å². The molecule has 1 N–H and O–H groups in total. The van der Waals surface area contributed by atoms with E-state index in [9.17, 15) is 9.00 Å². The second-order valence-electron chi connectivity index (χ2n) is 5.45. The quantitative estimate of drug-likeness (QED) is 0.670. The van der Waals surface area contributed by atoms with Crippen molar-refractivity contribution in [3.8, 4) is 5.69 Å². The van der Waals surface area contributed by atoms with Crippen molar-refractivity contribution in [3.05, 3.63) is 63.1 Å². The Hall–Kier alpha value is -1.90. The van der Waals surface area contributed by atoms with Gasteiger partial charge in [-0.25, -0.2) is 4.68 Å². The lowest BCUT2D eigenvalue weighted by molar-refractivity contribution is 0.0994. The van der Waals surface area contributed by atoms with E-state index in [1.807, 2.05) is 6.07 Å². The molecule has 0 fully saturated rings. The van der Waals surface area contributed by atoms with Crippen LogP contribution in [0.2, 0.25) is 5.02 Å². The van der Waals surface area contributed by atoms with E-state index in [0.29, 0.717) is 38.4 Å². The second-order valence-corrected chi connectivity index (χ2v) is 8.13. The van der Waals surface area contributed by atoms with Gasteiger partial charge in [0.25, 0.3) is 5.91 Å². The van der Waals surface area contributed by atoms with Crippen molar-refractivity contribution in [1.82, 2.24) is 9.78 Å². The van der Waals surface area contributed by atoms with Crippen LogP contribution in [0.15, 0.2) is 45.5 Å². The standard InChI is InChI=1S/C16H11BrClN3O3S/c17-14-5-4-13(24-14)16(22)19-15-11-7-25(23)8-12(11)20-21(15)10-3-1-2-9(18)6-10/h1-6H,7-8H2,(H,19,22)/t25-/m1/s1. The molecular weight excluding hydrogens is 430 g/mol. The Balaban J connectivity index is 1.77. The molecule has 1 atom stereocenters. The minimum Gasteiger partial charge on any atom is -0.444 e. The number of amides is 1. The highest BCUT2D eigenvalue weighted by atomic mass is 79.9. The number of nitrogens with one attached hydrogen (secondary N) is 1. The fourth-order valence-electron chi connectivity index (χ4n) is 2.66. The molecule has 2 aromatic heterocycles. The number of hydrogen-bond acceptors (Lipinski definition) is 4. The van der Waals surface area contributed by atoms with Gasteiger partial charge in [0.1, 0.15) is 5.82 Å². The fourth-order valence-corrected chi connectivity index (χ4v) is 4.41. The Morgan fingerprint density at radius 2 is 2.16 bits per heavy atom. The van der Waals surface area contributed by atoms with Crippen molar-refractivity contribution in [2.24, 2.45) is 0 Å². The van der Waals surface area contributed by atoms with Crippen molar-refractivity contribution in [2.75, 3.05) is 5.32 Å². The number of carbonyl (C=O) groups is 1. The molecule has 1 aliphatic heterocycles. The molecule has 1 aromatic carbocycles. The van der Waals surface area contributed by atoms with Gasteiger partial charge in [0, 0.05) is 21.4 Å². The molecular formula is C16H11BrClN3O3S. The number of hydrogen-bond donors (Lipinski definition) is 1. The lowest BCUT2D eigenvalue weighted by atomic mass is 10.2. The van der Waals surface area contributed by atoms with Gasteiger partial charge in [0.05, 0.1) is 22.9 Å². The molecule has 1 amide bonds. The summed E-state index contributed by atoms with van der Waals surface area (Å²) in [5, 5.41) is 7.90. The number of furan rings is 1. The number of aromatic nitrogens is 2. The molecule has 0 bridgehead atoms.